The number of aryl methyl sites for hydroxylation is 1. The van der Waals surface area contributed by atoms with Crippen LogP contribution < -0.4 is 15.0 Å². The zero-order chi connectivity index (χ0) is 24.1. The summed E-state index contributed by atoms with van der Waals surface area (Å²) >= 11 is 7.02. The van der Waals surface area contributed by atoms with Crippen molar-refractivity contribution in [2.24, 2.45) is 5.10 Å². The van der Waals surface area contributed by atoms with E-state index in [0.717, 1.165) is 20.1 Å². The van der Waals surface area contributed by atoms with E-state index in [1.165, 1.54) is 4.68 Å². The van der Waals surface area contributed by atoms with Crippen LogP contribution in [0.5, 0.6) is 11.5 Å². The molecule has 4 aromatic rings. The third-order valence-electron chi connectivity index (χ3n) is 5.07. The molecule has 8 heteroatoms. The molecule has 0 radical (unpaired) electrons. The number of aromatic nitrogens is 2. The van der Waals surface area contributed by atoms with Gasteiger partial charge in [-0.3, -0.25) is 4.79 Å². The molecule has 0 aliphatic rings. The highest BCUT2D eigenvalue weighted by Crippen LogP contribution is 2.37. The lowest BCUT2D eigenvalue weighted by molar-refractivity contribution is 0.267. The highest BCUT2D eigenvalue weighted by atomic mass is 79.9. The number of fused-ring (bicyclic) bond motifs is 1. The first kappa shape index (κ1) is 24.2. The van der Waals surface area contributed by atoms with E-state index in [1.807, 2.05) is 68.4 Å². The number of hydrogen-bond acceptors (Lipinski definition) is 5. The number of rotatable bonds is 8. The predicted molar refractivity (Wildman–Crippen MR) is 142 cm³/mol. The molecule has 0 aliphatic carbocycles. The summed E-state index contributed by atoms with van der Waals surface area (Å²) < 4.78 is 14.8. The Bertz CT molecular complexity index is 1400. The molecule has 0 saturated heterocycles. The molecule has 0 unspecified atom stereocenters. The molecule has 0 atom stereocenters. The van der Waals surface area contributed by atoms with Crippen molar-refractivity contribution in [1.82, 2.24) is 9.66 Å². The molecular weight excluding hydrogens is 562 g/mol. The molecule has 4 rings (SSSR count). The Balaban J connectivity index is 1.68. The van der Waals surface area contributed by atoms with Gasteiger partial charge in [-0.05, 0) is 64.3 Å². The van der Waals surface area contributed by atoms with Gasteiger partial charge in [0.1, 0.15) is 12.4 Å². The summed E-state index contributed by atoms with van der Waals surface area (Å²) in [6.07, 6.45) is 2.19. The second-order valence-electron chi connectivity index (χ2n) is 7.44. The monoisotopic (exact) mass is 583 g/mol. The quantitative estimate of drug-likeness (QED) is 0.227. The lowest BCUT2D eigenvalue weighted by Gasteiger charge is -2.15. The van der Waals surface area contributed by atoms with Crippen molar-refractivity contribution in [2.75, 3.05) is 6.61 Å². The smallest absolute Gasteiger partial charge is 0.282 e. The number of ether oxygens (including phenoxy) is 2. The minimum absolute atomic E-state index is 0.216. The van der Waals surface area contributed by atoms with Crippen molar-refractivity contribution in [3.63, 3.8) is 0 Å². The van der Waals surface area contributed by atoms with E-state index >= 15 is 0 Å². The average Bonchev–Trinajstić information content (AvgIpc) is 2.84. The van der Waals surface area contributed by atoms with Crippen LogP contribution in [0.2, 0.25) is 0 Å². The van der Waals surface area contributed by atoms with Gasteiger partial charge in [0.2, 0.25) is 0 Å². The van der Waals surface area contributed by atoms with Crippen LogP contribution in [-0.4, -0.2) is 22.5 Å². The fourth-order valence-electron chi connectivity index (χ4n) is 3.46. The van der Waals surface area contributed by atoms with Gasteiger partial charge in [-0.1, -0.05) is 53.2 Å². The lowest BCUT2D eigenvalue weighted by atomic mass is 10.2. The van der Waals surface area contributed by atoms with Gasteiger partial charge in [0, 0.05) is 10.9 Å². The second kappa shape index (κ2) is 11.0. The molecule has 1 heterocycles. The van der Waals surface area contributed by atoms with Gasteiger partial charge in [-0.15, -0.1) is 0 Å². The first-order valence-corrected chi connectivity index (χ1v) is 12.5. The Morgan fingerprint density at radius 1 is 1.03 bits per heavy atom. The Hall–Kier alpha value is -2.97. The Labute approximate surface area is 214 Å². The molecule has 6 nitrogen and oxygen atoms in total. The maximum atomic E-state index is 13.1. The molecule has 0 bridgehead atoms. The second-order valence-corrected chi connectivity index (χ2v) is 9.21. The van der Waals surface area contributed by atoms with E-state index < -0.39 is 0 Å². The highest BCUT2D eigenvalue weighted by molar-refractivity contribution is 9.10. The third kappa shape index (κ3) is 5.39. The van der Waals surface area contributed by atoms with Gasteiger partial charge < -0.3 is 9.47 Å². The average molecular weight is 585 g/mol. The van der Waals surface area contributed by atoms with Crippen molar-refractivity contribution in [1.29, 1.82) is 0 Å². The summed E-state index contributed by atoms with van der Waals surface area (Å²) in [6, 6.07) is 19.1. The predicted octanol–water partition coefficient (Wildman–Crippen LogP) is 6.34. The van der Waals surface area contributed by atoms with Crippen molar-refractivity contribution >= 4 is 49.0 Å². The topological polar surface area (TPSA) is 65.7 Å². The van der Waals surface area contributed by atoms with E-state index in [-0.39, 0.29) is 5.56 Å². The molecule has 0 fully saturated rings. The minimum Gasteiger partial charge on any atom is -0.490 e. The van der Waals surface area contributed by atoms with Crippen LogP contribution in [0.4, 0.5) is 0 Å². The number of halogens is 2. The SMILES string of the molecule is CCOc1cc(C=Nn2c(CC)nc3ccc(Br)cc3c2=O)cc(Br)c1OCc1ccccc1. The van der Waals surface area contributed by atoms with Gasteiger partial charge in [0.05, 0.1) is 28.2 Å². The Morgan fingerprint density at radius 3 is 2.56 bits per heavy atom. The molecule has 1 aromatic heterocycles. The van der Waals surface area contributed by atoms with E-state index in [1.54, 1.807) is 12.3 Å². The van der Waals surface area contributed by atoms with Crippen LogP contribution in [0, 0.1) is 0 Å². The highest BCUT2D eigenvalue weighted by Gasteiger charge is 2.13. The maximum Gasteiger partial charge on any atom is 0.282 e. The summed E-state index contributed by atoms with van der Waals surface area (Å²) in [5.41, 5.74) is 2.25. The van der Waals surface area contributed by atoms with Gasteiger partial charge in [-0.2, -0.15) is 9.78 Å². The van der Waals surface area contributed by atoms with Gasteiger partial charge in [0.15, 0.2) is 11.5 Å². The van der Waals surface area contributed by atoms with Crippen molar-refractivity contribution in [2.45, 2.75) is 26.9 Å². The number of benzene rings is 3. The van der Waals surface area contributed by atoms with Crippen LogP contribution in [0.15, 0.2) is 79.5 Å². The first-order chi connectivity index (χ1) is 16.5. The summed E-state index contributed by atoms with van der Waals surface area (Å²) in [7, 11) is 0. The molecule has 0 N–H and O–H groups in total. The fraction of sp³-hybridized carbons (Fsp3) is 0.192. The number of nitrogens with zero attached hydrogens (tertiary/aromatic N) is 3. The maximum absolute atomic E-state index is 13.1. The molecule has 34 heavy (non-hydrogen) atoms. The summed E-state index contributed by atoms with van der Waals surface area (Å²) in [6.45, 7) is 4.76. The normalized spacial score (nSPS) is 11.3. The van der Waals surface area contributed by atoms with Crippen molar-refractivity contribution in [3.8, 4) is 11.5 Å². The Morgan fingerprint density at radius 2 is 1.82 bits per heavy atom. The molecular formula is C26H23Br2N3O3. The fourth-order valence-corrected chi connectivity index (χ4v) is 4.40. The van der Waals surface area contributed by atoms with E-state index in [2.05, 4.69) is 41.9 Å². The zero-order valence-corrected chi connectivity index (χ0v) is 22.0. The third-order valence-corrected chi connectivity index (χ3v) is 6.15. The molecule has 174 valence electrons. The standard InChI is InChI=1S/C26H23Br2N3O3/c1-3-24-30-22-11-10-19(27)14-20(22)26(32)31(24)29-15-18-12-21(28)25(23(13-18)33-4-2)34-16-17-8-6-5-7-9-17/h5-15H,3-4,16H2,1-2H3. The van der Waals surface area contributed by atoms with Crippen LogP contribution >= 0.6 is 31.9 Å². The van der Waals surface area contributed by atoms with Crippen LogP contribution in [0.25, 0.3) is 10.9 Å². The van der Waals surface area contributed by atoms with Crippen molar-refractivity contribution in [3.05, 3.63) is 96.9 Å². The van der Waals surface area contributed by atoms with E-state index in [0.29, 0.717) is 47.9 Å². The summed E-state index contributed by atoms with van der Waals surface area (Å²) in [4.78, 5) is 17.7. The van der Waals surface area contributed by atoms with E-state index in [4.69, 9.17) is 9.47 Å². The minimum atomic E-state index is -0.216. The molecule has 0 saturated carbocycles. The van der Waals surface area contributed by atoms with Crippen LogP contribution in [0.3, 0.4) is 0 Å². The summed E-state index contributed by atoms with van der Waals surface area (Å²) in [5.74, 6) is 1.80. The molecule has 0 aliphatic heterocycles. The zero-order valence-electron chi connectivity index (χ0n) is 18.8. The lowest BCUT2D eigenvalue weighted by Crippen LogP contribution is -2.22. The van der Waals surface area contributed by atoms with Gasteiger partial charge in [0.25, 0.3) is 5.56 Å². The molecule has 0 amide bonds. The molecule has 3 aromatic carbocycles. The van der Waals surface area contributed by atoms with Gasteiger partial charge in [-0.25, -0.2) is 4.98 Å². The molecule has 0 spiro atoms. The van der Waals surface area contributed by atoms with Crippen molar-refractivity contribution < 1.29 is 9.47 Å². The Kier molecular flexibility index (Phi) is 7.80. The first-order valence-electron chi connectivity index (χ1n) is 10.9. The van der Waals surface area contributed by atoms with Crippen LogP contribution in [0.1, 0.15) is 30.8 Å². The largest absolute Gasteiger partial charge is 0.490 e. The van der Waals surface area contributed by atoms with Crippen LogP contribution in [-0.2, 0) is 13.0 Å². The summed E-state index contributed by atoms with van der Waals surface area (Å²) in [5, 5.41) is 4.98. The van der Waals surface area contributed by atoms with Gasteiger partial charge >= 0.3 is 0 Å². The number of hydrogen-bond donors (Lipinski definition) is 0. The van der Waals surface area contributed by atoms with E-state index in [9.17, 15) is 4.79 Å².